The van der Waals surface area contributed by atoms with Crippen LogP contribution in [0.5, 0.6) is 0 Å². The highest BCUT2D eigenvalue weighted by Gasteiger charge is 2.10. The Morgan fingerprint density at radius 2 is 1.87 bits per heavy atom. The highest BCUT2D eigenvalue weighted by molar-refractivity contribution is 7.14. The van der Waals surface area contributed by atoms with Gasteiger partial charge in [-0.3, -0.25) is 0 Å². The fourth-order valence-corrected chi connectivity index (χ4v) is 2.33. The summed E-state index contributed by atoms with van der Waals surface area (Å²) in [5.74, 6) is 0.459. The van der Waals surface area contributed by atoms with E-state index >= 15 is 0 Å². The lowest BCUT2D eigenvalue weighted by atomic mass is 10.1. The zero-order valence-electron chi connectivity index (χ0n) is 9.19. The van der Waals surface area contributed by atoms with Crippen molar-refractivity contribution >= 4 is 11.3 Å². The van der Waals surface area contributed by atoms with Gasteiger partial charge in [-0.1, -0.05) is 49.4 Å². The third-order valence-electron chi connectivity index (χ3n) is 2.31. The predicted octanol–water partition coefficient (Wildman–Crippen LogP) is 3.64. The van der Waals surface area contributed by atoms with E-state index in [0.29, 0.717) is 5.92 Å². The molecule has 0 saturated carbocycles. The van der Waals surface area contributed by atoms with Crippen molar-refractivity contribution in [3.8, 4) is 10.6 Å². The molecule has 0 amide bonds. The smallest absolute Gasteiger partial charge is 0.143 e. The van der Waals surface area contributed by atoms with Crippen LogP contribution in [0.4, 0.5) is 0 Å². The Morgan fingerprint density at radius 3 is 2.47 bits per heavy atom. The number of aryl methyl sites for hydroxylation is 1. The number of hydrogen-bond acceptors (Lipinski definition) is 3. The highest BCUT2D eigenvalue weighted by atomic mass is 32.1. The van der Waals surface area contributed by atoms with Crippen LogP contribution in [0.1, 0.15) is 30.3 Å². The van der Waals surface area contributed by atoms with Gasteiger partial charge in [0.05, 0.1) is 0 Å². The average Bonchev–Trinajstić information content (AvgIpc) is 2.67. The van der Waals surface area contributed by atoms with E-state index in [0.717, 1.165) is 10.0 Å². The van der Waals surface area contributed by atoms with Gasteiger partial charge in [0.25, 0.3) is 0 Å². The Kier molecular flexibility index (Phi) is 2.82. The second-order valence-corrected chi connectivity index (χ2v) is 4.92. The van der Waals surface area contributed by atoms with E-state index in [9.17, 15) is 0 Å². The molecule has 0 bridgehead atoms. The molecule has 2 rings (SSSR count). The van der Waals surface area contributed by atoms with E-state index in [4.69, 9.17) is 0 Å². The van der Waals surface area contributed by atoms with Crippen molar-refractivity contribution in [1.29, 1.82) is 0 Å². The van der Waals surface area contributed by atoms with Gasteiger partial charge in [0, 0.05) is 11.5 Å². The molecule has 0 unspecified atom stereocenters. The van der Waals surface area contributed by atoms with Crippen LogP contribution in [0.15, 0.2) is 24.3 Å². The summed E-state index contributed by atoms with van der Waals surface area (Å²) in [4.78, 5) is 0. The first-order valence-corrected chi connectivity index (χ1v) is 5.89. The van der Waals surface area contributed by atoms with E-state index in [2.05, 4.69) is 43.1 Å². The standard InChI is InChI=1S/C12H14N2S/c1-8(2)11-13-14-12(15-11)10-7-5-4-6-9(10)3/h4-8H,1-3H3. The zero-order chi connectivity index (χ0) is 10.8. The molecule has 15 heavy (non-hydrogen) atoms. The molecule has 0 aliphatic rings. The predicted molar refractivity (Wildman–Crippen MR) is 64.2 cm³/mol. The van der Waals surface area contributed by atoms with Crippen molar-refractivity contribution in [2.45, 2.75) is 26.7 Å². The Hall–Kier alpha value is -1.22. The fourth-order valence-electron chi connectivity index (χ4n) is 1.39. The van der Waals surface area contributed by atoms with Gasteiger partial charge in [-0.2, -0.15) is 0 Å². The minimum Gasteiger partial charge on any atom is -0.143 e. The summed E-state index contributed by atoms with van der Waals surface area (Å²) in [7, 11) is 0. The number of aromatic nitrogens is 2. The summed E-state index contributed by atoms with van der Waals surface area (Å²) in [6.45, 7) is 6.38. The van der Waals surface area contributed by atoms with Crippen molar-refractivity contribution in [2.24, 2.45) is 0 Å². The van der Waals surface area contributed by atoms with Crippen LogP contribution < -0.4 is 0 Å². The molecule has 0 spiro atoms. The van der Waals surface area contributed by atoms with Crippen molar-refractivity contribution in [2.75, 3.05) is 0 Å². The minimum atomic E-state index is 0.459. The van der Waals surface area contributed by atoms with Gasteiger partial charge in [0.15, 0.2) is 0 Å². The first-order valence-electron chi connectivity index (χ1n) is 5.08. The van der Waals surface area contributed by atoms with E-state index in [1.54, 1.807) is 11.3 Å². The molecule has 0 aliphatic heterocycles. The zero-order valence-corrected chi connectivity index (χ0v) is 10.0. The number of hydrogen-bond donors (Lipinski definition) is 0. The Balaban J connectivity index is 2.42. The third-order valence-corrected chi connectivity index (χ3v) is 3.57. The Labute approximate surface area is 94.0 Å². The van der Waals surface area contributed by atoms with Crippen LogP contribution in [0.25, 0.3) is 10.6 Å². The summed E-state index contributed by atoms with van der Waals surface area (Å²) < 4.78 is 0. The van der Waals surface area contributed by atoms with E-state index in [1.807, 2.05) is 12.1 Å². The topological polar surface area (TPSA) is 25.8 Å². The van der Waals surface area contributed by atoms with Crippen molar-refractivity contribution in [3.05, 3.63) is 34.8 Å². The van der Waals surface area contributed by atoms with E-state index in [-0.39, 0.29) is 0 Å². The molecule has 1 heterocycles. The maximum Gasteiger partial charge on any atom is 0.148 e. The van der Waals surface area contributed by atoms with Gasteiger partial charge in [0.1, 0.15) is 10.0 Å². The molecular formula is C12H14N2S. The van der Waals surface area contributed by atoms with E-state index < -0.39 is 0 Å². The molecule has 0 radical (unpaired) electrons. The first-order chi connectivity index (χ1) is 7.18. The maximum atomic E-state index is 4.24. The van der Waals surface area contributed by atoms with Gasteiger partial charge in [-0.15, -0.1) is 10.2 Å². The van der Waals surface area contributed by atoms with Gasteiger partial charge in [-0.25, -0.2) is 0 Å². The largest absolute Gasteiger partial charge is 0.148 e. The Bertz CT molecular complexity index is 460. The lowest BCUT2D eigenvalue weighted by Gasteiger charge is -1.99. The van der Waals surface area contributed by atoms with Crippen LogP contribution in [-0.2, 0) is 0 Å². The summed E-state index contributed by atoms with van der Waals surface area (Å²) in [6, 6.07) is 8.29. The molecule has 0 aliphatic carbocycles. The van der Waals surface area contributed by atoms with Gasteiger partial charge < -0.3 is 0 Å². The average molecular weight is 218 g/mol. The monoisotopic (exact) mass is 218 g/mol. The molecule has 3 heteroatoms. The highest BCUT2D eigenvalue weighted by Crippen LogP contribution is 2.29. The number of benzene rings is 1. The van der Waals surface area contributed by atoms with Gasteiger partial charge in [-0.05, 0) is 12.5 Å². The summed E-state index contributed by atoms with van der Waals surface area (Å²) in [5.41, 5.74) is 2.45. The number of rotatable bonds is 2. The lowest BCUT2D eigenvalue weighted by molar-refractivity contribution is 0.825. The lowest BCUT2D eigenvalue weighted by Crippen LogP contribution is -1.84. The summed E-state index contributed by atoms with van der Waals surface area (Å²) >= 11 is 1.69. The second-order valence-electron chi connectivity index (χ2n) is 3.92. The van der Waals surface area contributed by atoms with Crippen LogP contribution >= 0.6 is 11.3 Å². The summed E-state index contributed by atoms with van der Waals surface area (Å²) in [5, 5.41) is 10.6. The van der Waals surface area contributed by atoms with E-state index in [1.165, 1.54) is 11.1 Å². The van der Waals surface area contributed by atoms with Gasteiger partial charge in [0.2, 0.25) is 0 Å². The molecule has 0 saturated heterocycles. The van der Waals surface area contributed by atoms with Crippen LogP contribution in [0.3, 0.4) is 0 Å². The molecule has 0 atom stereocenters. The minimum absolute atomic E-state index is 0.459. The maximum absolute atomic E-state index is 4.24. The van der Waals surface area contributed by atoms with Crippen molar-refractivity contribution in [3.63, 3.8) is 0 Å². The normalized spacial score (nSPS) is 10.9. The molecule has 2 nitrogen and oxygen atoms in total. The molecule has 1 aromatic heterocycles. The molecule has 1 aromatic carbocycles. The van der Waals surface area contributed by atoms with Crippen LogP contribution in [0, 0.1) is 6.92 Å². The fraction of sp³-hybridized carbons (Fsp3) is 0.333. The van der Waals surface area contributed by atoms with Crippen molar-refractivity contribution in [1.82, 2.24) is 10.2 Å². The Morgan fingerprint density at radius 1 is 1.13 bits per heavy atom. The van der Waals surface area contributed by atoms with Crippen molar-refractivity contribution < 1.29 is 0 Å². The second kappa shape index (κ2) is 4.11. The van der Waals surface area contributed by atoms with Gasteiger partial charge >= 0.3 is 0 Å². The molecule has 0 fully saturated rings. The molecule has 78 valence electrons. The molecule has 0 N–H and O–H groups in total. The third kappa shape index (κ3) is 2.07. The van der Waals surface area contributed by atoms with Crippen LogP contribution in [-0.4, -0.2) is 10.2 Å². The first kappa shape index (κ1) is 10.3. The molecule has 2 aromatic rings. The quantitative estimate of drug-likeness (QED) is 0.769. The summed E-state index contributed by atoms with van der Waals surface area (Å²) in [6.07, 6.45) is 0. The van der Waals surface area contributed by atoms with Crippen LogP contribution in [0.2, 0.25) is 0 Å². The molecular weight excluding hydrogens is 204 g/mol. The number of nitrogens with zero attached hydrogens (tertiary/aromatic N) is 2. The SMILES string of the molecule is Cc1ccccc1-c1nnc(C(C)C)s1.